The second kappa shape index (κ2) is 16.5. The van der Waals surface area contributed by atoms with Gasteiger partial charge in [-0.2, -0.15) is 0 Å². The molecule has 0 fully saturated rings. The molecule has 0 saturated carbocycles. The maximum Gasteiger partial charge on any atom is 0.467 e. The van der Waals surface area contributed by atoms with E-state index in [-0.39, 0.29) is 43.1 Å². The number of benzene rings is 5. The standard InChI is InChI=1S/C53H51BN3O2.Pt/c1-51(2,3)38-32-42(48(58)44(33-38)53(7,8)9)49-54(59-46-26-24-36(31-43(46)52(4,5)6)34-18-12-10-13-19-34)50-47(57-49)40(27-29-56-50)37-23-25-39(35-20-14-11-15-21-35)41(30-37)45-22-16-17-28-55-45;/h10-29,31-33,58H,1-9H3;/q-1;. The Morgan fingerprint density at radius 1 is 0.567 bits per heavy atom. The molecule has 0 unspecified atom stereocenters. The van der Waals surface area contributed by atoms with Gasteiger partial charge >= 0.3 is 6.92 Å². The van der Waals surface area contributed by atoms with Crippen LogP contribution in [0.1, 0.15) is 84.6 Å². The molecule has 3 heterocycles. The van der Waals surface area contributed by atoms with Crippen molar-refractivity contribution in [3.8, 4) is 56.1 Å². The van der Waals surface area contributed by atoms with Crippen molar-refractivity contribution in [1.82, 2.24) is 9.97 Å². The van der Waals surface area contributed by atoms with E-state index in [0.717, 1.165) is 67.1 Å². The zero-order valence-electron chi connectivity index (χ0n) is 35.9. The summed E-state index contributed by atoms with van der Waals surface area (Å²) in [4.78, 5) is 15.2. The van der Waals surface area contributed by atoms with Crippen LogP contribution >= 0.6 is 0 Å². The number of pyridine rings is 2. The fraction of sp³-hybridized carbons (Fsp3) is 0.226. The van der Waals surface area contributed by atoms with Crippen molar-refractivity contribution in [2.24, 2.45) is 4.99 Å². The molecule has 1 aliphatic rings. The van der Waals surface area contributed by atoms with Crippen molar-refractivity contribution in [2.45, 2.75) is 78.6 Å². The minimum absolute atomic E-state index is 0. The molecule has 2 aromatic heterocycles. The predicted octanol–water partition coefficient (Wildman–Crippen LogP) is 12.5. The van der Waals surface area contributed by atoms with Gasteiger partial charge in [0.15, 0.2) is 0 Å². The maximum absolute atomic E-state index is 12.3. The van der Waals surface area contributed by atoms with Crippen LogP contribution in [0.25, 0.3) is 44.6 Å². The molecule has 8 rings (SSSR count). The molecule has 0 spiro atoms. The third-order valence-corrected chi connectivity index (χ3v) is 11.1. The molecule has 7 heteroatoms. The van der Waals surface area contributed by atoms with Crippen molar-refractivity contribution in [3.63, 3.8) is 0 Å². The third-order valence-electron chi connectivity index (χ3n) is 11.1. The number of phenols is 1. The van der Waals surface area contributed by atoms with E-state index in [1.807, 2.05) is 60.9 Å². The zero-order chi connectivity index (χ0) is 41.7. The van der Waals surface area contributed by atoms with Crippen LogP contribution in [0.3, 0.4) is 0 Å². The molecule has 0 atom stereocenters. The zero-order valence-corrected chi connectivity index (χ0v) is 38.1. The van der Waals surface area contributed by atoms with Crippen LogP contribution in [-0.2, 0) is 37.3 Å². The molecule has 7 aromatic rings. The average Bonchev–Trinajstić information content (AvgIpc) is 3.58. The van der Waals surface area contributed by atoms with E-state index >= 15 is 0 Å². The Morgan fingerprint density at radius 3 is 1.87 bits per heavy atom. The van der Waals surface area contributed by atoms with E-state index in [0.29, 0.717) is 22.5 Å². The number of aromatic hydroxyl groups is 1. The summed E-state index contributed by atoms with van der Waals surface area (Å²) in [6.45, 7) is 18.9. The van der Waals surface area contributed by atoms with E-state index in [1.165, 1.54) is 0 Å². The van der Waals surface area contributed by atoms with Crippen molar-refractivity contribution < 1.29 is 30.8 Å². The van der Waals surface area contributed by atoms with Gasteiger partial charge in [0.25, 0.3) is 0 Å². The summed E-state index contributed by atoms with van der Waals surface area (Å²) in [5.74, 6) is 0.951. The molecule has 0 saturated heterocycles. The summed E-state index contributed by atoms with van der Waals surface area (Å²) >= 11 is 0. The number of aliphatic imine (C=N–C) groups is 1. The third kappa shape index (κ3) is 8.41. The van der Waals surface area contributed by atoms with Gasteiger partial charge < -0.3 is 9.76 Å². The molecule has 0 bridgehead atoms. The van der Waals surface area contributed by atoms with Crippen LogP contribution in [0, 0.1) is 6.07 Å². The Balaban J connectivity index is 0.00000544. The van der Waals surface area contributed by atoms with Gasteiger partial charge in [0.05, 0.1) is 16.9 Å². The monoisotopic (exact) mass is 967 g/mol. The van der Waals surface area contributed by atoms with Gasteiger partial charge in [0.2, 0.25) is 0 Å². The molecule has 304 valence electrons. The van der Waals surface area contributed by atoms with Crippen LogP contribution in [0.15, 0.2) is 145 Å². The topological polar surface area (TPSA) is 67.6 Å². The first kappa shape index (κ1) is 42.5. The van der Waals surface area contributed by atoms with Gasteiger partial charge in [-0.05, 0) is 62.8 Å². The Morgan fingerprint density at radius 2 is 1.23 bits per heavy atom. The van der Waals surface area contributed by atoms with E-state index in [1.54, 1.807) is 0 Å². The second-order valence-electron chi connectivity index (χ2n) is 18.6. The van der Waals surface area contributed by atoms with Gasteiger partial charge in [0.1, 0.15) is 11.5 Å². The van der Waals surface area contributed by atoms with Gasteiger partial charge in [-0.25, -0.2) is 0 Å². The molecule has 1 N–H and O–H groups in total. The van der Waals surface area contributed by atoms with Crippen LogP contribution < -0.4 is 10.2 Å². The maximum atomic E-state index is 12.3. The first-order valence-electron chi connectivity index (χ1n) is 20.4. The fourth-order valence-corrected chi connectivity index (χ4v) is 7.83. The molecule has 0 aliphatic carbocycles. The molecule has 1 aliphatic heterocycles. The number of aromatic nitrogens is 2. The normalized spacial score (nSPS) is 12.8. The number of rotatable bonds is 7. The van der Waals surface area contributed by atoms with E-state index in [4.69, 9.17) is 19.6 Å². The summed E-state index contributed by atoms with van der Waals surface area (Å²) in [5.41, 5.74) is 12.7. The smallest absolute Gasteiger partial charge is 0.467 e. The van der Waals surface area contributed by atoms with Crippen molar-refractivity contribution in [1.29, 1.82) is 0 Å². The number of nitrogens with zero attached hydrogens (tertiary/aromatic N) is 3. The first-order chi connectivity index (χ1) is 28.1. The minimum atomic E-state index is -0.721. The summed E-state index contributed by atoms with van der Waals surface area (Å²) in [7, 11) is 0. The van der Waals surface area contributed by atoms with E-state index in [2.05, 4.69) is 147 Å². The Kier molecular flexibility index (Phi) is 11.7. The summed E-state index contributed by atoms with van der Waals surface area (Å²) in [6, 6.07) is 47.4. The van der Waals surface area contributed by atoms with E-state index < -0.39 is 6.92 Å². The van der Waals surface area contributed by atoms with Gasteiger partial charge in [-0.15, -0.1) is 23.8 Å². The van der Waals surface area contributed by atoms with Crippen LogP contribution in [0.5, 0.6) is 11.5 Å². The molecule has 0 amide bonds. The number of phenolic OH excluding ortho intramolecular Hbond substituents is 1. The summed E-state index contributed by atoms with van der Waals surface area (Å²) < 4.78 is 7.26. The van der Waals surface area contributed by atoms with Crippen LogP contribution in [-0.4, -0.2) is 27.6 Å². The quantitative estimate of drug-likeness (QED) is 0.128. The van der Waals surface area contributed by atoms with Gasteiger partial charge in [-0.3, -0.25) is 15.0 Å². The molecular formula is C53H51BN3O2Pt-. The van der Waals surface area contributed by atoms with Crippen molar-refractivity contribution >= 4 is 23.8 Å². The molecular weight excluding hydrogens is 916 g/mol. The SMILES string of the molecule is CC(C)(C)c1cc(C2=Nc3c(-c4[c-]c(-c5ccccn5)c(-c5ccccc5)cc4)ccnc3B2Oc2ccc(-c3ccccc3)cc2C(C)(C)C)c(O)c(C(C)(C)C)c1.[Pt]. The number of fused-ring (bicyclic) bond motifs is 1. The summed E-state index contributed by atoms with van der Waals surface area (Å²) in [5, 5.41) is 12.3. The summed E-state index contributed by atoms with van der Waals surface area (Å²) in [6.07, 6.45) is 3.65. The molecule has 0 radical (unpaired) electrons. The Bertz CT molecular complexity index is 2700. The number of hydrogen-bond acceptors (Lipinski definition) is 5. The van der Waals surface area contributed by atoms with Crippen LogP contribution in [0.4, 0.5) is 5.69 Å². The fourth-order valence-electron chi connectivity index (χ4n) is 7.83. The minimum Gasteiger partial charge on any atom is -0.549 e. The van der Waals surface area contributed by atoms with Gasteiger partial charge in [0, 0.05) is 50.3 Å². The van der Waals surface area contributed by atoms with Crippen molar-refractivity contribution in [3.05, 3.63) is 168 Å². The Hall–Kier alpha value is -5.58. The Labute approximate surface area is 370 Å². The molecule has 5 nitrogen and oxygen atoms in total. The number of hydrogen-bond donors (Lipinski definition) is 1. The first-order valence-corrected chi connectivity index (χ1v) is 20.4. The van der Waals surface area contributed by atoms with Gasteiger partial charge in [-0.1, -0.05) is 176 Å². The molecule has 60 heavy (non-hydrogen) atoms. The van der Waals surface area contributed by atoms with Crippen LogP contribution in [0.2, 0.25) is 0 Å². The van der Waals surface area contributed by atoms with E-state index in [9.17, 15) is 5.11 Å². The average molecular weight is 968 g/mol. The predicted molar refractivity (Wildman–Crippen MR) is 245 cm³/mol. The van der Waals surface area contributed by atoms with Crippen molar-refractivity contribution in [2.75, 3.05) is 0 Å². The second-order valence-corrected chi connectivity index (χ2v) is 18.6. The molecule has 5 aromatic carbocycles. The largest absolute Gasteiger partial charge is 0.549 e.